The predicted molar refractivity (Wildman–Crippen MR) is 85.7 cm³/mol. The molecule has 4 nitrogen and oxygen atoms in total. The van der Waals surface area contributed by atoms with Gasteiger partial charge in [-0.3, -0.25) is 0 Å². The van der Waals surface area contributed by atoms with Crippen LogP contribution in [0.15, 0.2) is 16.7 Å². The second kappa shape index (κ2) is 5.56. The smallest absolute Gasteiger partial charge is 0.351 e. The molecule has 0 aliphatic rings. The largest absolute Gasteiger partial charge is 0.463 e. The maximum absolute atomic E-state index is 12.3. The number of anilines is 1. The standard InChI is InChI=1S/C16H21NO3S/c1-6-10-11(17)14(15(18)20-16(3,4)5)21-13(10)12-9(2)7-8-19-12/h7-8H,6,17H2,1-5H3. The van der Waals surface area contributed by atoms with Gasteiger partial charge in [-0.25, -0.2) is 4.79 Å². The molecule has 0 bridgehead atoms. The van der Waals surface area contributed by atoms with Crippen LogP contribution in [0.1, 0.15) is 48.5 Å². The molecule has 0 aliphatic heterocycles. The van der Waals surface area contributed by atoms with E-state index in [1.54, 1.807) is 6.26 Å². The number of aryl methyl sites for hydroxylation is 1. The van der Waals surface area contributed by atoms with Gasteiger partial charge < -0.3 is 14.9 Å². The van der Waals surface area contributed by atoms with E-state index in [-0.39, 0.29) is 5.97 Å². The van der Waals surface area contributed by atoms with Crippen molar-refractivity contribution in [2.24, 2.45) is 0 Å². The second-order valence-corrected chi connectivity index (χ2v) is 6.96. The van der Waals surface area contributed by atoms with E-state index >= 15 is 0 Å². The van der Waals surface area contributed by atoms with E-state index in [0.29, 0.717) is 10.6 Å². The number of hydrogen-bond donors (Lipinski definition) is 1. The Balaban J connectivity index is 2.49. The third-order valence-corrected chi connectivity index (χ3v) is 4.28. The highest BCUT2D eigenvalue weighted by Crippen LogP contribution is 2.41. The molecule has 0 amide bonds. The van der Waals surface area contributed by atoms with Crippen LogP contribution >= 0.6 is 11.3 Å². The van der Waals surface area contributed by atoms with Crippen molar-refractivity contribution in [3.63, 3.8) is 0 Å². The molecular formula is C16H21NO3S. The zero-order valence-electron chi connectivity index (χ0n) is 13.1. The molecule has 0 atom stereocenters. The molecule has 0 unspecified atom stereocenters. The normalized spacial score (nSPS) is 11.7. The molecule has 0 spiro atoms. The van der Waals surface area contributed by atoms with Gasteiger partial charge in [-0.1, -0.05) is 6.92 Å². The monoisotopic (exact) mass is 307 g/mol. The van der Waals surface area contributed by atoms with Gasteiger partial charge in [0.05, 0.1) is 16.8 Å². The van der Waals surface area contributed by atoms with Crippen molar-refractivity contribution in [1.29, 1.82) is 0 Å². The number of rotatable bonds is 3. The fraction of sp³-hybridized carbons (Fsp3) is 0.438. The minimum absolute atomic E-state index is 0.379. The van der Waals surface area contributed by atoms with E-state index in [9.17, 15) is 4.79 Å². The van der Waals surface area contributed by atoms with Gasteiger partial charge in [0.2, 0.25) is 0 Å². The number of hydrogen-bond acceptors (Lipinski definition) is 5. The predicted octanol–water partition coefficient (Wildman–Crippen LogP) is 4.42. The van der Waals surface area contributed by atoms with Crippen LogP contribution in [0.5, 0.6) is 0 Å². The molecular weight excluding hydrogens is 286 g/mol. The first-order valence-corrected chi connectivity index (χ1v) is 7.75. The summed E-state index contributed by atoms with van der Waals surface area (Å²) < 4.78 is 11.0. The van der Waals surface area contributed by atoms with Crippen LogP contribution in [0.3, 0.4) is 0 Å². The fourth-order valence-corrected chi connectivity index (χ4v) is 3.34. The molecule has 2 heterocycles. The Morgan fingerprint density at radius 1 is 1.43 bits per heavy atom. The Labute approximate surface area is 128 Å². The van der Waals surface area contributed by atoms with Crippen molar-refractivity contribution in [3.8, 4) is 10.6 Å². The van der Waals surface area contributed by atoms with Crippen molar-refractivity contribution in [3.05, 3.63) is 28.3 Å². The Morgan fingerprint density at radius 3 is 2.57 bits per heavy atom. The molecule has 5 heteroatoms. The van der Waals surface area contributed by atoms with Crippen molar-refractivity contribution < 1.29 is 13.9 Å². The quantitative estimate of drug-likeness (QED) is 0.853. The summed E-state index contributed by atoms with van der Waals surface area (Å²) in [5.74, 6) is 0.397. The molecule has 0 fully saturated rings. The van der Waals surface area contributed by atoms with E-state index in [1.807, 2.05) is 40.7 Å². The summed E-state index contributed by atoms with van der Waals surface area (Å²) in [5, 5.41) is 0. The summed E-state index contributed by atoms with van der Waals surface area (Å²) in [4.78, 5) is 13.7. The zero-order chi connectivity index (χ0) is 15.8. The van der Waals surface area contributed by atoms with Gasteiger partial charge in [0.15, 0.2) is 0 Å². The number of ether oxygens (including phenoxy) is 1. The van der Waals surface area contributed by atoms with Crippen LogP contribution in [0.4, 0.5) is 5.69 Å². The van der Waals surface area contributed by atoms with E-state index in [1.165, 1.54) is 11.3 Å². The Morgan fingerprint density at radius 2 is 2.10 bits per heavy atom. The van der Waals surface area contributed by atoms with Crippen molar-refractivity contribution >= 4 is 23.0 Å². The Bertz CT molecular complexity index is 662. The molecule has 2 aromatic heterocycles. The molecule has 0 aromatic carbocycles. The molecule has 2 N–H and O–H groups in total. The first kappa shape index (κ1) is 15.6. The molecule has 0 radical (unpaired) electrons. The van der Waals surface area contributed by atoms with Gasteiger partial charge in [-0.05, 0) is 51.3 Å². The average Bonchev–Trinajstić information content (AvgIpc) is 2.90. The van der Waals surface area contributed by atoms with Crippen LogP contribution < -0.4 is 5.73 Å². The van der Waals surface area contributed by atoms with Crippen molar-refractivity contribution in [2.45, 2.75) is 46.6 Å². The number of nitrogens with two attached hydrogens (primary N) is 1. The van der Waals surface area contributed by atoms with Crippen LogP contribution in [0.25, 0.3) is 10.6 Å². The number of carbonyl (C=O) groups is 1. The van der Waals surface area contributed by atoms with Gasteiger partial charge in [0.1, 0.15) is 16.2 Å². The fourth-order valence-electron chi connectivity index (χ4n) is 2.09. The molecule has 2 aromatic rings. The number of nitrogen functional groups attached to an aromatic ring is 1. The molecule has 114 valence electrons. The van der Waals surface area contributed by atoms with E-state index < -0.39 is 5.60 Å². The lowest BCUT2D eigenvalue weighted by molar-refractivity contribution is 0.00763. The highest BCUT2D eigenvalue weighted by Gasteiger charge is 2.26. The highest BCUT2D eigenvalue weighted by atomic mass is 32.1. The summed E-state index contributed by atoms with van der Waals surface area (Å²) >= 11 is 1.34. The van der Waals surface area contributed by atoms with Gasteiger partial charge in [-0.15, -0.1) is 11.3 Å². The lowest BCUT2D eigenvalue weighted by Gasteiger charge is -2.19. The summed E-state index contributed by atoms with van der Waals surface area (Å²) in [5.41, 5.74) is 8.09. The van der Waals surface area contributed by atoms with Crippen LogP contribution in [-0.4, -0.2) is 11.6 Å². The third-order valence-electron chi connectivity index (χ3n) is 3.05. The lowest BCUT2D eigenvalue weighted by atomic mass is 10.1. The Kier molecular flexibility index (Phi) is 4.14. The molecule has 2 rings (SSSR count). The van der Waals surface area contributed by atoms with E-state index in [4.69, 9.17) is 14.9 Å². The number of esters is 1. The van der Waals surface area contributed by atoms with E-state index in [0.717, 1.165) is 28.2 Å². The topological polar surface area (TPSA) is 65.5 Å². The summed E-state index contributed by atoms with van der Waals surface area (Å²) in [6, 6.07) is 1.90. The number of furan rings is 1. The van der Waals surface area contributed by atoms with Crippen LogP contribution in [0, 0.1) is 6.92 Å². The van der Waals surface area contributed by atoms with Crippen LogP contribution in [0.2, 0.25) is 0 Å². The maximum Gasteiger partial charge on any atom is 0.351 e. The van der Waals surface area contributed by atoms with Gasteiger partial charge in [0.25, 0.3) is 0 Å². The van der Waals surface area contributed by atoms with Gasteiger partial charge in [0, 0.05) is 0 Å². The average molecular weight is 307 g/mol. The number of thiophene rings is 1. The van der Waals surface area contributed by atoms with Crippen molar-refractivity contribution in [1.82, 2.24) is 0 Å². The number of carbonyl (C=O) groups excluding carboxylic acids is 1. The third kappa shape index (κ3) is 3.13. The molecule has 0 saturated heterocycles. The summed E-state index contributed by atoms with van der Waals surface area (Å²) in [7, 11) is 0. The first-order chi connectivity index (χ1) is 9.74. The van der Waals surface area contributed by atoms with Gasteiger partial charge >= 0.3 is 5.97 Å². The maximum atomic E-state index is 12.3. The lowest BCUT2D eigenvalue weighted by Crippen LogP contribution is -2.23. The molecule has 21 heavy (non-hydrogen) atoms. The first-order valence-electron chi connectivity index (χ1n) is 6.93. The minimum atomic E-state index is -0.541. The summed E-state index contributed by atoms with van der Waals surface area (Å²) in [6.45, 7) is 9.51. The van der Waals surface area contributed by atoms with Crippen molar-refractivity contribution in [2.75, 3.05) is 5.73 Å². The highest BCUT2D eigenvalue weighted by molar-refractivity contribution is 7.18. The summed E-state index contributed by atoms with van der Waals surface area (Å²) in [6.07, 6.45) is 2.38. The minimum Gasteiger partial charge on any atom is -0.463 e. The van der Waals surface area contributed by atoms with Gasteiger partial charge in [-0.2, -0.15) is 0 Å². The Hall–Kier alpha value is -1.75. The zero-order valence-corrected chi connectivity index (χ0v) is 13.9. The SMILES string of the molecule is CCc1c(-c2occc2C)sc(C(=O)OC(C)(C)C)c1N. The molecule has 0 aliphatic carbocycles. The second-order valence-electron chi connectivity index (χ2n) is 5.94. The van der Waals surface area contributed by atoms with E-state index in [2.05, 4.69) is 0 Å². The molecule has 0 saturated carbocycles. The van der Waals surface area contributed by atoms with Crippen LogP contribution in [-0.2, 0) is 11.2 Å².